The maximum Gasteiger partial charge on any atom is 0.337 e. The van der Waals surface area contributed by atoms with E-state index in [2.05, 4.69) is 9.88 Å². The molecule has 0 aliphatic carbocycles. The molecule has 2 aliphatic heterocycles. The fourth-order valence-corrected chi connectivity index (χ4v) is 5.92. The first-order chi connectivity index (χ1) is 18.9. The number of morpholine rings is 1. The highest BCUT2D eigenvalue weighted by atomic mass is 32.1. The van der Waals surface area contributed by atoms with Gasteiger partial charge in [0, 0.05) is 31.7 Å². The third-order valence-corrected chi connectivity index (χ3v) is 8.19. The molecule has 3 aromatic rings. The molecule has 1 fully saturated rings. The Morgan fingerprint density at radius 1 is 1.08 bits per heavy atom. The van der Waals surface area contributed by atoms with Gasteiger partial charge < -0.3 is 19.5 Å². The number of aryl methyl sites for hydroxylation is 1. The molecule has 5 rings (SSSR count). The highest BCUT2D eigenvalue weighted by Gasteiger charge is 2.44. The van der Waals surface area contributed by atoms with Crippen LogP contribution >= 0.6 is 11.3 Å². The summed E-state index contributed by atoms with van der Waals surface area (Å²) < 4.78 is 10.2. The highest BCUT2D eigenvalue weighted by Crippen LogP contribution is 2.41. The fraction of sp³-hybridized carbons (Fsp3) is 0.310. The number of carbonyl (C=O) groups excluding carboxylic acids is 3. The van der Waals surface area contributed by atoms with Gasteiger partial charge in [0.2, 0.25) is 5.78 Å². The molecule has 202 valence electrons. The number of hydrogen-bond donors (Lipinski definition) is 1. The molecule has 39 heavy (non-hydrogen) atoms. The highest BCUT2D eigenvalue weighted by molar-refractivity contribution is 7.17. The van der Waals surface area contributed by atoms with Gasteiger partial charge in [0.25, 0.3) is 5.91 Å². The van der Waals surface area contributed by atoms with Crippen molar-refractivity contribution in [2.75, 3.05) is 46.5 Å². The van der Waals surface area contributed by atoms with Gasteiger partial charge in [-0.2, -0.15) is 0 Å². The van der Waals surface area contributed by atoms with Gasteiger partial charge in [0.1, 0.15) is 5.01 Å². The van der Waals surface area contributed by atoms with Crippen LogP contribution in [0.4, 0.5) is 0 Å². The maximum absolute atomic E-state index is 14.0. The van der Waals surface area contributed by atoms with Gasteiger partial charge in [0.15, 0.2) is 5.76 Å². The number of carbonyl (C=O) groups is 3. The molecule has 1 amide bonds. The van der Waals surface area contributed by atoms with Crippen molar-refractivity contribution in [1.82, 2.24) is 14.8 Å². The molecule has 9 nitrogen and oxygen atoms in total. The number of amides is 1. The van der Waals surface area contributed by atoms with Crippen LogP contribution in [0.2, 0.25) is 0 Å². The van der Waals surface area contributed by atoms with E-state index in [1.807, 2.05) is 30.3 Å². The van der Waals surface area contributed by atoms with E-state index in [0.29, 0.717) is 53.0 Å². The normalized spacial score (nSPS) is 18.1. The van der Waals surface area contributed by atoms with E-state index >= 15 is 0 Å². The van der Waals surface area contributed by atoms with Crippen LogP contribution in [0.25, 0.3) is 10.6 Å². The minimum atomic E-state index is -0.820. The number of nitrogens with zero attached hydrogens (tertiary/aromatic N) is 3. The molecule has 1 saturated heterocycles. The molecule has 0 radical (unpaired) electrons. The summed E-state index contributed by atoms with van der Waals surface area (Å²) in [6.07, 6.45) is 0. The van der Waals surface area contributed by atoms with Gasteiger partial charge in [-0.15, -0.1) is 11.3 Å². The fourth-order valence-electron chi connectivity index (χ4n) is 4.89. The Morgan fingerprint density at radius 2 is 1.77 bits per heavy atom. The zero-order chi connectivity index (χ0) is 27.5. The number of esters is 1. The van der Waals surface area contributed by atoms with Crippen molar-refractivity contribution in [3.63, 3.8) is 0 Å². The lowest BCUT2D eigenvalue weighted by Crippen LogP contribution is -2.43. The predicted molar refractivity (Wildman–Crippen MR) is 146 cm³/mol. The van der Waals surface area contributed by atoms with Crippen molar-refractivity contribution in [2.45, 2.75) is 13.0 Å². The Kier molecular flexibility index (Phi) is 7.87. The SMILES string of the molecule is COC(=O)c1ccc([C@H]2C(C(=O)c3sc(-c4ccccc4)nc3C)=C(O)C(=O)N2CCN2CCOCC2)cc1. The van der Waals surface area contributed by atoms with Crippen LogP contribution in [0, 0.1) is 6.92 Å². The van der Waals surface area contributed by atoms with Crippen molar-refractivity contribution < 1.29 is 29.0 Å². The van der Waals surface area contributed by atoms with Crippen molar-refractivity contribution in [3.8, 4) is 10.6 Å². The van der Waals surface area contributed by atoms with E-state index < -0.39 is 29.5 Å². The third-order valence-electron chi connectivity index (χ3n) is 6.98. The van der Waals surface area contributed by atoms with Crippen molar-refractivity contribution >= 4 is 29.0 Å². The van der Waals surface area contributed by atoms with E-state index in [1.165, 1.54) is 23.3 Å². The molecule has 2 aliphatic rings. The Hall–Kier alpha value is -3.86. The van der Waals surface area contributed by atoms with E-state index in [9.17, 15) is 19.5 Å². The zero-order valence-corrected chi connectivity index (χ0v) is 22.6. The molecule has 3 heterocycles. The molecule has 1 aromatic heterocycles. The molecule has 2 aromatic carbocycles. The number of aliphatic hydroxyl groups excluding tert-OH is 1. The first-order valence-electron chi connectivity index (χ1n) is 12.7. The van der Waals surface area contributed by atoms with Crippen LogP contribution in [0.1, 0.15) is 37.3 Å². The minimum absolute atomic E-state index is 0.0131. The van der Waals surface area contributed by atoms with Crippen LogP contribution in [-0.4, -0.2) is 84.1 Å². The molecular formula is C29H29N3O6S. The van der Waals surface area contributed by atoms with Crippen molar-refractivity contribution in [2.24, 2.45) is 0 Å². The number of benzene rings is 2. The van der Waals surface area contributed by atoms with E-state index in [-0.39, 0.29) is 5.57 Å². The first kappa shape index (κ1) is 26.7. The number of rotatable bonds is 8. The van der Waals surface area contributed by atoms with Crippen LogP contribution in [0.15, 0.2) is 65.9 Å². The second-order valence-corrected chi connectivity index (χ2v) is 10.4. The lowest BCUT2D eigenvalue weighted by Gasteiger charge is -2.31. The summed E-state index contributed by atoms with van der Waals surface area (Å²) >= 11 is 1.24. The lowest BCUT2D eigenvalue weighted by molar-refractivity contribution is -0.129. The topological polar surface area (TPSA) is 109 Å². The number of hydrogen-bond acceptors (Lipinski definition) is 9. The summed E-state index contributed by atoms with van der Waals surface area (Å²) in [7, 11) is 1.30. The minimum Gasteiger partial charge on any atom is -0.503 e. The Morgan fingerprint density at radius 3 is 2.44 bits per heavy atom. The average molecular weight is 548 g/mol. The molecule has 1 N–H and O–H groups in total. The van der Waals surface area contributed by atoms with Gasteiger partial charge in [-0.05, 0) is 24.6 Å². The summed E-state index contributed by atoms with van der Waals surface area (Å²) in [4.78, 5) is 48.0. The Balaban J connectivity index is 1.51. The van der Waals surface area contributed by atoms with Gasteiger partial charge in [-0.1, -0.05) is 42.5 Å². The van der Waals surface area contributed by atoms with Crippen LogP contribution in [0.5, 0.6) is 0 Å². The van der Waals surface area contributed by atoms with Gasteiger partial charge in [-0.25, -0.2) is 9.78 Å². The lowest BCUT2D eigenvalue weighted by atomic mass is 9.94. The monoisotopic (exact) mass is 547 g/mol. The number of methoxy groups -OCH3 is 1. The van der Waals surface area contributed by atoms with Gasteiger partial charge in [-0.3, -0.25) is 14.5 Å². The molecule has 0 spiro atoms. The van der Waals surface area contributed by atoms with Crippen LogP contribution < -0.4 is 0 Å². The Bertz CT molecular complexity index is 1410. The zero-order valence-electron chi connectivity index (χ0n) is 21.8. The smallest absolute Gasteiger partial charge is 0.337 e. The summed E-state index contributed by atoms with van der Waals surface area (Å²) in [5.41, 5.74) is 2.38. The number of aromatic nitrogens is 1. The largest absolute Gasteiger partial charge is 0.503 e. The number of aliphatic hydroxyl groups is 1. The van der Waals surface area contributed by atoms with Gasteiger partial charge >= 0.3 is 5.97 Å². The second kappa shape index (κ2) is 11.5. The standard InChI is InChI=1S/C29H29N3O6S/c1-18-26(39-27(30-18)20-6-4-3-5-7-20)24(33)22-23(19-8-10-21(11-9-19)29(36)37-2)32(28(35)25(22)34)13-12-31-14-16-38-17-15-31/h3-11,23,34H,12-17H2,1-2H3/t23-/m0/s1. The number of ether oxygens (including phenoxy) is 2. The molecule has 0 saturated carbocycles. The Labute approximate surface area is 230 Å². The van der Waals surface area contributed by atoms with E-state index in [4.69, 9.17) is 9.47 Å². The van der Waals surface area contributed by atoms with Crippen LogP contribution in [0.3, 0.4) is 0 Å². The maximum atomic E-state index is 14.0. The number of ketones is 1. The third kappa shape index (κ3) is 5.36. The number of thiazole rings is 1. The van der Waals surface area contributed by atoms with E-state index in [1.54, 1.807) is 31.2 Å². The van der Waals surface area contributed by atoms with Gasteiger partial charge in [0.05, 0.1) is 48.1 Å². The van der Waals surface area contributed by atoms with Crippen LogP contribution in [-0.2, 0) is 14.3 Å². The first-order valence-corrected chi connectivity index (χ1v) is 13.5. The molecule has 10 heteroatoms. The summed E-state index contributed by atoms with van der Waals surface area (Å²) in [5, 5.41) is 11.8. The van der Waals surface area contributed by atoms with Crippen molar-refractivity contribution in [1.29, 1.82) is 0 Å². The molecule has 0 unspecified atom stereocenters. The summed E-state index contributed by atoms with van der Waals surface area (Å²) in [6, 6.07) is 15.3. The summed E-state index contributed by atoms with van der Waals surface area (Å²) in [6.45, 7) is 5.35. The molecule has 1 atom stereocenters. The quantitative estimate of drug-likeness (QED) is 0.335. The molecule has 0 bridgehead atoms. The summed E-state index contributed by atoms with van der Waals surface area (Å²) in [5.74, 6) is -2.08. The van der Waals surface area contributed by atoms with E-state index in [0.717, 1.165) is 18.7 Å². The second-order valence-electron chi connectivity index (χ2n) is 9.36. The average Bonchev–Trinajstić information content (AvgIpc) is 3.49. The predicted octanol–water partition coefficient (Wildman–Crippen LogP) is 3.82. The van der Waals surface area contributed by atoms with Crippen molar-refractivity contribution in [3.05, 3.63) is 87.6 Å². The molecular weight excluding hydrogens is 518 g/mol. The number of Topliss-reactive ketones (excluding diaryl/α,β-unsaturated/α-hetero) is 1.